The molecule has 1 aromatic heterocycles. The summed E-state index contributed by atoms with van der Waals surface area (Å²) in [5.74, 6) is 0.471. The van der Waals surface area contributed by atoms with Crippen LogP contribution in [0, 0.1) is 11.9 Å². The summed E-state index contributed by atoms with van der Waals surface area (Å²) in [6.45, 7) is 5.51. The maximum Gasteiger partial charge on any atom is 0.160 e. The molecule has 0 unspecified atom stereocenters. The Morgan fingerprint density at radius 1 is 1.19 bits per heavy atom. The van der Waals surface area contributed by atoms with Crippen LogP contribution < -0.4 is 9.64 Å². The Hall–Kier alpha value is -2.31. The SMILES string of the molecule is Oc1c[c]ccc1OCCCN1CCN(c2csc3cc(F)ccc23)CC1. The van der Waals surface area contributed by atoms with Gasteiger partial charge in [0, 0.05) is 48.2 Å². The van der Waals surface area contributed by atoms with E-state index in [1.165, 1.54) is 17.8 Å². The van der Waals surface area contributed by atoms with Crippen molar-refractivity contribution in [3.8, 4) is 11.5 Å². The number of hydrogen-bond acceptors (Lipinski definition) is 5. The van der Waals surface area contributed by atoms with Gasteiger partial charge in [-0.15, -0.1) is 11.3 Å². The van der Waals surface area contributed by atoms with Gasteiger partial charge >= 0.3 is 0 Å². The minimum Gasteiger partial charge on any atom is -0.504 e. The Labute approximate surface area is 162 Å². The third kappa shape index (κ3) is 4.17. The van der Waals surface area contributed by atoms with Gasteiger partial charge in [-0.3, -0.25) is 4.90 Å². The van der Waals surface area contributed by atoms with Crippen LogP contribution in [-0.2, 0) is 0 Å². The number of rotatable bonds is 6. The van der Waals surface area contributed by atoms with Crippen molar-refractivity contribution in [1.82, 2.24) is 4.90 Å². The first-order chi connectivity index (χ1) is 13.2. The summed E-state index contributed by atoms with van der Waals surface area (Å²) in [4.78, 5) is 4.83. The minimum atomic E-state index is -0.176. The van der Waals surface area contributed by atoms with Crippen molar-refractivity contribution in [3.63, 3.8) is 0 Å². The van der Waals surface area contributed by atoms with Gasteiger partial charge in [-0.25, -0.2) is 4.39 Å². The molecule has 0 aliphatic carbocycles. The number of nitrogens with zero attached hydrogens (tertiary/aromatic N) is 2. The molecule has 1 radical (unpaired) electrons. The van der Waals surface area contributed by atoms with E-state index in [1.807, 2.05) is 6.07 Å². The highest BCUT2D eigenvalue weighted by Crippen LogP contribution is 2.34. The second-order valence-corrected chi connectivity index (χ2v) is 7.60. The van der Waals surface area contributed by atoms with E-state index < -0.39 is 0 Å². The van der Waals surface area contributed by atoms with Gasteiger partial charge in [0.05, 0.1) is 12.3 Å². The number of hydrogen-bond donors (Lipinski definition) is 1. The zero-order chi connectivity index (χ0) is 18.6. The van der Waals surface area contributed by atoms with Crippen LogP contribution in [-0.4, -0.2) is 49.3 Å². The maximum atomic E-state index is 13.4. The third-order valence-corrected chi connectivity index (χ3v) is 5.84. The largest absolute Gasteiger partial charge is 0.504 e. The summed E-state index contributed by atoms with van der Waals surface area (Å²) < 4.78 is 20.0. The molecule has 2 heterocycles. The number of phenols is 1. The first kappa shape index (κ1) is 18.1. The molecule has 0 bridgehead atoms. The number of halogens is 1. The molecule has 0 amide bonds. The number of benzene rings is 2. The average molecular weight is 385 g/mol. The first-order valence-corrected chi connectivity index (χ1v) is 10.0. The van der Waals surface area contributed by atoms with E-state index in [0.29, 0.717) is 12.4 Å². The van der Waals surface area contributed by atoms with E-state index in [1.54, 1.807) is 29.5 Å². The average Bonchev–Trinajstić information content (AvgIpc) is 3.10. The lowest BCUT2D eigenvalue weighted by Crippen LogP contribution is -2.46. The fraction of sp³-hybridized carbons (Fsp3) is 0.333. The second kappa shape index (κ2) is 8.15. The molecule has 4 nitrogen and oxygen atoms in total. The number of ether oxygens (including phenoxy) is 1. The van der Waals surface area contributed by atoms with E-state index in [9.17, 15) is 9.50 Å². The predicted molar refractivity (Wildman–Crippen MR) is 107 cm³/mol. The minimum absolute atomic E-state index is 0.133. The molecule has 1 aliphatic heterocycles. The molecule has 141 valence electrons. The number of anilines is 1. The van der Waals surface area contributed by atoms with E-state index in [-0.39, 0.29) is 11.6 Å². The zero-order valence-electron chi connectivity index (χ0n) is 15.0. The summed E-state index contributed by atoms with van der Waals surface area (Å²) in [7, 11) is 0. The lowest BCUT2D eigenvalue weighted by molar-refractivity contribution is 0.222. The molecule has 0 saturated carbocycles. The quantitative estimate of drug-likeness (QED) is 0.647. The molecule has 1 fully saturated rings. The highest BCUT2D eigenvalue weighted by atomic mass is 32.1. The van der Waals surface area contributed by atoms with Gasteiger partial charge in [-0.1, -0.05) is 6.07 Å². The van der Waals surface area contributed by atoms with Crippen molar-refractivity contribution in [3.05, 3.63) is 53.7 Å². The van der Waals surface area contributed by atoms with Gasteiger partial charge in [-0.2, -0.15) is 0 Å². The van der Waals surface area contributed by atoms with Crippen LogP contribution in [0.2, 0.25) is 0 Å². The number of thiophene rings is 1. The van der Waals surface area contributed by atoms with Gasteiger partial charge in [-0.05, 0) is 42.8 Å². The van der Waals surface area contributed by atoms with Gasteiger partial charge in [0.1, 0.15) is 5.82 Å². The monoisotopic (exact) mass is 385 g/mol. The Bertz CT molecular complexity index is 906. The molecule has 2 aromatic carbocycles. The van der Waals surface area contributed by atoms with Gasteiger partial charge < -0.3 is 14.7 Å². The number of aromatic hydroxyl groups is 1. The molecule has 0 spiro atoms. The summed E-state index contributed by atoms with van der Waals surface area (Å²) in [6.07, 6.45) is 0.915. The fourth-order valence-corrected chi connectivity index (χ4v) is 4.44. The Morgan fingerprint density at radius 3 is 2.85 bits per heavy atom. The van der Waals surface area contributed by atoms with Crippen molar-refractivity contribution in [2.24, 2.45) is 0 Å². The zero-order valence-corrected chi connectivity index (χ0v) is 15.8. The summed E-state index contributed by atoms with van der Waals surface area (Å²) in [5.41, 5.74) is 1.22. The summed E-state index contributed by atoms with van der Waals surface area (Å²) in [6, 6.07) is 12.8. The normalized spacial score (nSPS) is 15.4. The molecular formula is C21H22FN2O2S. The first-order valence-electron chi connectivity index (χ1n) is 9.16. The van der Waals surface area contributed by atoms with Crippen LogP contribution in [0.25, 0.3) is 10.1 Å². The van der Waals surface area contributed by atoms with Crippen LogP contribution in [0.5, 0.6) is 11.5 Å². The number of piperazine rings is 1. The predicted octanol–water partition coefficient (Wildman–Crippen LogP) is 4.14. The van der Waals surface area contributed by atoms with Crippen LogP contribution in [0.4, 0.5) is 10.1 Å². The molecule has 27 heavy (non-hydrogen) atoms. The van der Waals surface area contributed by atoms with E-state index >= 15 is 0 Å². The molecular weight excluding hydrogens is 363 g/mol. The molecule has 0 atom stereocenters. The van der Waals surface area contributed by atoms with Gasteiger partial charge in [0.25, 0.3) is 0 Å². The standard InChI is InChI=1S/C21H22FN2O2S/c22-16-6-7-17-18(15-27-21(17)14-16)24-11-9-23(10-12-24)8-3-13-26-20-5-2-1-4-19(20)25/h2,4-7,14-15,25H,3,8-13H2. The fourth-order valence-electron chi connectivity index (χ4n) is 3.45. The molecule has 6 heteroatoms. The molecule has 3 aromatic rings. The highest BCUT2D eigenvalue weighted by Gasteiger charge is 2.19. The Kier molecular flexibility index (Phi) is 5.45. The molecule has 1 aliphatic rings. The maximum absolute atomic E-state index is 13.4. The van der Waals surface area contributed by atoms with Crippen molar-refractivity contribution in [1.29, 1.82) is 0 Å². The number of phenolic OH excluding ortho intramolecular Hbond substituents is 1. The lowest BCUT2D eigenvalue weighted by Gasteiger charge is -2.35. The Morgan fingerprint density at radius 2 is 2.04 bits per heavy atom. The summed E-state index contributed by atoms with van der Waals surface area (Å²) in [5, 5.41) is 13.0. The van der Waals surface area contributed by atoms with Gasteiger partial charge in [0.15, 0.2) is 11.5 Å². The van der Waals surface area contributed by atoms with Crippen molar-refractivity contribution in [2.45, 2.75) is 6.42 Å². The van der Waals surface area contributed by atoms with E-state index in [0.717, 1.165) is 49.2 Å². The van der Waals surface area contributed by atoms with E-state index in [2.05, 4.69) is 21.2 Å². The van der Waals surface area contributed by atoms with Crippen LogP contribution in [0.3, 0.4) is 0 Å². The molecule has 4 rings (SSSR count). The summed E-state index contributed by atoms with van der Waals surface area (Å²) >= 11 is 1.60. The van der Waals surface area contributed by atoms with Crippen LogP contribution >= 0.6 is 11.3 Å². The third-order valence-electron chi connectivity index (χ3n) is 4.91. The molecule has 1 N–H and O–H groups in total. The highest BCUT2D eigenvalue weighted by molar-refractivity contribution is 7.17. The van der Waals surface area contributed by atoms with Crippen molar-refractivity contribution < 1.29 is 14.2 Å². The molecule has 1 saturated heterocycles. The van der Waals surface area contributed by atoms with Crippen molar-refractivity contribution in [2.75, 3.05) is 44.2 Å². The smallest absolute Gasteiger partial charge is 0.160 e. The topological polar surface area (TPSA) is 35.9 Å². The second-order valence-electron chi connectivity index (χ2n) is 6.69. The van der Waals surface area contributed by atoms with Crippen LogP contribution in [0.15, 0.2) is 41.8 Å². The van der Waals surface area contributed by atoms with Gasteiger partial charge in [0.2, 0.25) is 0 Å². The van der Waals surface area contributed by atoms with E-state index in [4.69, 9.17) is 4.74 Å². The van der Waals surface area contributed by atoms with Crippen molar-refractivity contribution >= 4 is 27.1 Å². The lowest BCUT2D eigenvalue weighted by atomic mass is 10.2. The number of fused-ring (bicyclic) bond motifs is 1. The Balaban J connectivity index is 1.25. The van der Waals surface area contributed by atoms with Crippen LogP contribution in [0.1, 0.15) is 6.42 Å².